The minimum absolute atomic E-state index is 0.0207. The molecule has 3 rings (SSSR count). The van der Waals surface area contributed by atoms with E-state index in [0.717, 1.165) is 0 Å². The van der Waals surface area contributed by atoms with E-state index in [-0.39, 0.29) is 6.42 Å². The first kappa shape index (κ1) is 18.4. The van der Waals surface area contributed by atoms with Gasteiger partial charge in [-0.05, 0) is 35.9 Å². The van der Waals surface area contributed by atoms with Gasteiger partial charge < -0.3 is 19.5 Å². The van der Waals surface area contributed by atoms with Crippen molar-refractivity contribution in [2.45, 2.75) is 6.42 Å². The molecule has 0 spiro atoms. The van der Waals surface area contributed by atoms with Crippen molar-refractivity contribution in [2.75, 3.05) is 25.1 Å². The van der Waals surface area contributed by atoms with Gasteiger partial charge in [0.15, 0.2) is 18.1 Å². The van der Waals surface area contributed by atoms with E-state index < -0.39 is 18.5 Å². The quantitative estimate of drug-likeness (QED) is 0.784. The number of carbonyl (C=O) groups excluding carboxylic acids is 2. The molecule has 8 heteroatoms. The van der Waals surface area contributed by atoms with E-state index in [4.69, 9.17) is 37.4 Å². The number of fused-ring (bicyclic) bond motifs is 1. The minimum atomic E-state index is -0.527. The van der Waals surface area contributed by atoms with E-state index in [9.17, 15) is 9.59 Å². The molecule has 0 bridgehead atoms. The third kappa shape index (κ3) is 5.03. The van der Waals surface area contributed by atoms with Crippen LogP contribution in [0.4, 0.5) is 5.69 Å². The van der Waals surface area contributed by atoms with Gasteiger partial charge in [-0.1, -0.05) is 29.3 Å². The summed E-state index contributed by atoms with van der Waals surface area (Å²) in [5.41, 5.74) is 1.14. The first-order valence-corrected chi connectivity index (χ1v) is 8.55. The fourth-order valence-electron chi connectivity index (χ4n) is 2.38. The maximum Gasteiger partial charge on any atom is 0.310 e. The van der Waals surface area contributed by atoms with E-state index in [1.165, 1.54) is 0 Å². The van der Waals surface area contributed by atoms with Gasteiger partial charge in [-0.25, -0.2) is 0 Å². The lowest BCUT2D eigenvalue weighted by molar-refractivity contribution is -0.146. The number of amides is 1. The number of halogens is 2. The summed E-state index contributed by atoms with van der Waals surface area (Å²) in [4.78, 5) is 23.8. The molecule has 0 fully saturated rings. The van der Waals surface area contributed by atoms with Crippen LogP contribution in [-0.4, -0.2) is 31.7 Å². The maximum atomic E-state index is 11.9. The van der Waals surface area contributed by atoms with Gasteiger partial charge in [-0.15, -0.1) is 0 Å². The van der Waals surface area contributed by atoms with Gasteiger partial charge in [0.05, 0.1) is 6.42 Å². The standard InChI is InChI=1S/C18H15Cl2NO5/c19-12-7-13(20)9-14(8-12)21-17(22)10-26-18(23)6-11-1-2-15-16(5-11)25-4-3-24-15/h1-2,5,7-9H,3-4,6,10H2,(H,21,22). The third-order valence-corrected chi connectivity index (χ3v) is 3.90. The molecule has 1 aliphatic heterocycles. The molecule has 6 nitrogen and oxygen atoms in total. The molecule has 0 atom stereocenters. The highest BCUT2D eigenvalue weighted by atomic mass is 35.5. The van der Waals surface area contributed by atoms with Gasteiger partial charge in [0.2, 0.25) is 0 Å². The summed E-state index contributed by atoms with van der Waals surface area (Å²) in [7, 11) is 0. The van der Waals surface area contributed by atoms with E-state index in [0.29, 0.717) is 46.0 Å². The lowest BCUT2D eigenvalue weighted by Gasteiger charge is -2.18. The van der Waals surface area contributed by atoms with Crippen molar-refractivity contribution < 1.29 is 23.8 Å². The zero-order chi connectivity index (χ0) is 18.5. The van der Waals surface area contributed by atoms with E-state index in [2.05, 4.69) is 5.32 Å². The lowest BCUT2D eigenvalue weighted by Crippen LogP contribution is -2.21. The van der Waals surface area contributed by atoms with Crippen molar-refractivity contribution in [3.8, 4) is 11.5 Å². The second kappa shape index (κ2) is 8.29. The third-order valence-electron chi connectivity index (χ3n) is 3.47. The molecule has 1 N–H and O–H groups in total. The van der Waals surface area contributed by atoms with E-state index in [1.807, 2.05) is 0 Å². The normalized spacial score (nSPS) is 12.4. The molecule has 1 heterocycles. The number of rotatable bonds is 5. The molecule has 136 valence electrons. The summed E-state index contributed by atoms with van der Waals surface area (Å²) in [5, 5.41) is 3.35. The summed E-state index contributed by atoms with van der Waals surface area (Å²) < 4.78 is 15.9. The second-order valence-electron chi connectivity index (χ2n) is 5.52. The summed E-state index contributed by atoms with van der Waals surface area (Å²) in [6.07, 6.45) is 0.0207. The van der Waals surface area contributed by atoms with Crippen LogP contribution in [0.25, 0.3) is 0 Å². The number of carbonyl (C=O) groups is 2. The first-order valence-electron chi connectivity index (χ1n) is 7.80. The van der Waals surface area contributed by atoms with Crippen molar-refractivity contribution in [1.82, 2.24) is 0 Å². The van der Waals surface area contributed by atoms with Crippen LogP contribution in [0.3, 0.4) is 0 Å². The van der Waals surface area contributed by atoms with Gasteiger partial charge in [0, 0.05) is 15.7 Å². The average molecular weight is 396 g/mol. The zero-order valence-corrected chi connectivity index (χ0v) is 15.1. The minimum Gasteiger partial charge on any atom is -0.486 e. The van der Waals surface area contributed by atoms with Crippen LogP contribution in [0, 0.1) is 0 Å². The molecule has 1 aliphatic rings. The van der Waals surface area contributed by atoms with Crippen molar-refractivity contribution in [3.63, 3.8) is 0 Å². The molecule has 0 aliphatic carbocycles. The number of esters is 1. The molecule has 0 saturated carbocycles. The summed E-state index contributed by atoms with van der Waals surface area (Å²) in [6, 6.07) is 9.86. The predicted octanol–water partition coefficient (Wildman–Crippen LogP) is 3.49. The highest BCUT2D eigenvalue weighted by Gasteiger charge is 2.14. The number of anilines is 1. The highest BCUT2D eigenvalue weighted by molar-refractivity contribution is 6.35. The Morgan fingerprint density at radius 3 is 2.42 bits per heavy atom. The SMILES string of the molecule is O=C(COC(=O)Cc1ccc2c(c1)OCCO2)Nc1cc(Cl)cc(Cl)c1. The molecule has 0 unspecified atom stereocenters. The lowest BCUT2D eigenvalue weighted by atomic mass is 10.1. The van der Waals surface area contributed by atoms with Gasteiger partial charge >= 0.3 is 5.97 Å². The summed E-state index contributed by atoms with van der Waals surface area (Å²) in [6.45, 7) is 0.559. The number of nitrogens with one attached hydrogen (secondary N) is 1. The Hall–Kier alpha value is -2.44. The van der Waals surface area contributed by atoms with Crippen molar-refractivity contribution in [3.05, 3.63) is 52.0 Å². The van der Waals surface area contributed by atoms with Gasteiger partial charge in [0.25, 0.3) is 5.91 Å². The van der Waals surface area contributed by atoms with Crippen molar-refractivity contribution in [1.29, 1.82) is 0 Å². The molecule has 0 radical (unpaired) electrons. The largest absolute Gasteiger partial charge is 0.486 e. The van der Waals surface area contributed by atoms with Crippen LogP contribution in [0.15, 0.2) is 36.4 Å². The molecule has 26 heavy (non-hydrogen) atoms. The number of hydrogen-bond acceptors (Lipinski definition) is 5. The van der Waals surface area contributed by atoms with Crippen LogP contribution < -0.4 is 14.8 Å². The molecule has 0 saturated heterocycles. The Kier molecular flexibility index (Phi) is 5.85. The van der Waals surface area contributed by atoms with E-state index in [1.54, 1.807) is 36.4 Å². The van der Waals surface area contributed by atoms with Crippen LogP contribution in [0.2, 0.25) is 10.0 Å². The smallest absolute Gasteiger partial charge is 0.310 e. The summed E-state index contributed by atoms with van der Waals surface area (Å²) in [5.74, 6) is 0.227. The average Bonchev–Trinajstić information content (AvgIpc) is 2.59. The molecule has 2 aromatic carbocycles. The predicted molar refractivity (Wildman–Crippen MR) is 97.2 cm³/mol. The molecular weight excluding hydrogens is 381 g/mol. The molecule has 0 aromatic heterocycles. The highest BCUT2D eigenvalue weighted by Crippen LogP contribution is 2.30. The Morgan fingerprint density at radius 1 is 1.00 bits per heavy atom. The van der Waals surface area contributed by atoms with Crippen molar-refractivity contribution in [2.24, 2.45) is 0 Å². The molecule has 1 amide bonds. The van der Waals surface area contributed by atoms with Crippen LogP contribution in [0.1, 0.15) is 5.56 Å². The Bertz CT molecular complexity index is 820. The Morgan fingerprint density at radius 2 is 1.69 bits per heavy atom. The maximum absolute atomic E-state index is 11.9. The van der Waals surface area contributed by atoms with Crippen LogP contribution in [0.5, 0.6) is 11.5 Å². The number of hydrogen-bond donors (Lipinski definition) is 1. The molecular formula is C18H15Cl2NO5. The monoisotopic (exact) mass is 395 g/mol. The summed E-state index contributed by atoms with van der Waals surface area (Å²) >= 11 is 11.7. The molecule has 2 aromatic rings. The zero-order valence-electron chi connectivity index (χ0n) is 13.6. The Balaban J connectivity index is 1.50. The van der Waals surface area contributed by atoms with Crippen molar-refractivity contribution >= 4 is 40.8 Å². The van der Waals surface area contributed by atoms with E-state index >= 15 is 0 Å². The Labute approximate surface area is 159 Å². The second-order valence-corrected chi connectivity index (χ2v) is 6.39. The van der Waals surface area contributed by atoms with Gasteiger partial charge in [0.1, 0.15) is 13.2 Å². The van der Waals surface area contributed by atoms with Crippen LogP contribution in [-0.2, 0) is 20.7 Å². The van der Waals surface area contributed by atoms with Crippen LogP contribution >= 0.6 is 23.2 Å². The van der Waals surface area contributed by atoms with Gasteiger partial charge in [-0.2, -0.15) is 0 Å². The topological polar surface area (TPSA) is 73.9 Å². The fraction of sp³-hybridized carbons (Fsp3) is 0.222. The van der Waals surface area contributed by atoms with Gasteiger partial charge in [-0.3, -0.25) is 9.59 Å². The fourth-order valence-corrected chi connectivity index (χ4v) is 2.91. The number of ether oxygens (including phenoxy) is 3. The number of benzene rings is 2. The first-order chi connectivity index (χ1) is 12.5.